The van der Waals surface area contributed by atoms with Crippen molar-refractivity contribution < 1.29 is 9.90 Å². The zero-order valence-corrected chi connectivity index (χ0v) is 16.4. The van der Waals surface area contributed by atoms with Crippen molar-refractivity contribution in [3.05, 3.63) is 82.3 Å². The van der Waals surface area contributed by atoms with Crippen molar-refractivity contribution in [3.8, 4) is 11.1 Å². The summed E-state index contributed by atoms with van der Waals surface area (Å²) >= 11 is 0. The molecule has 3 aromatic rings. The number of likely N-dealkylation sites (tertiary alicyclic amines) is 1. The molecule has 0 unspecified atom stereocenters. The molecule has 2 aliphatic rings. The van der Waals surface area contributed by atoms with Gasteiger partial charge in [-0.1, -0.05) is 6.07 Å². The number of aliphatic hydroxyl groups excluding tert-OH is 1. The van der Waals surface area contributed by atoms with Gasteiger partial charge in [0.25, 0.3) is 11.5 Å². The van der Waals surface area contributed by atoms with Crippen LogP contribution in [0.1, 0.15) is 34.1 Å². The predicted molar refractivity (Wildman–Crippen MR) is 111 cm³/mol. The molecule has 152 valence electrons. The van der Waals surface area contributed by atoms with Crippen LogP contribution < -0.4 is 5.56 Å². The fourth-order valence-electron chi connectivity index (χ4n) is 4.68. The third kappa shape index (κ3) is 3.31. The minimum absolute atomic E-state index is 0.00172. The van der Waals surface area contributed by atoms with Gasteiger partial charge in [0.05, 0.1) is 6.61 Å². The molecule has 3 aromatic heterocycles. The summed E-state index contributed by atoms with van der Waals surface area (Å²) in [5.74, 6) is 0.217. The van der Waals surface area contributed by atoms with Crippen LogP contribution >= 0.6 is 0 Å². The van der Waals surface area contributed by atoms with E-state index < -0.39 is 0 Å². The second kappa shape index (κ2) is 7.50. The SMILES string of the molecule is O=C(c1cc(CO)ccn1)N1C[C@@H]2C[C@H](C1)c1cc(-c3cccnc3)cc(=O)n1C2. The Bertz CT molecular complexity index is 1160. The first-order valence-electron chi connectivity index (χ1n) is 10.1. The number of carbonyl (C=O) groups excluding carboxylic acids is 1. The number of carbonyl (C=O) groups is 1. The second-order valence-electron chi connectivity index (χ2n) is 8.08. The molecule has 7 nitrogen and oxygen atoms in total. The number of rotatable bonds is 3. The highest BCUT2D eigenvalue weighted by Crippen LogP contribution is 2.36. The summed E-state index contributed by atoms with van der Waals surface area (Å²) < 4.78 is 1.87. The van der Waals surface area contributed by atoms with E-state index in [0.29, 0.717) is 30.9 Å². The van der Waals surface area contributed by atoms with Gasteiger partial charge in [0.2, 0.25) is 0 Å². The van der Waals surface area contributed by atoms with Crippen molar-refractivity contribution in [1.29, 1.82) is 0 Å². The lowest BCUT2D eigenvalue weighted by molar-refractivity contribution is 0.0588. The van der Waals surface area contributed by atoms with E-state index in [1.807, 2.05) is 21.6 Å². The number of amides is 1. The number of hydrogen-bond donors (Lipinski definition) is 1. The number of nitrogens with zero attached hydrogens (tertiary/aromatic N) is 4. The van der Waals surface area contributed by atoms with E-state index in [2.05, 4.69) is 16.0 Å². The highest BCUT2D eigenvalue weighted by Gasteiger charge is 2.37. The van der Waals surface area contributed by atoms with Gasteiger partial charge in [-0.2, -0.15) is 0 Å². The molecule has 1 amide bonds. The Balaban J connectivity index is 1.47. The number of fused-ring (bicyclic) bond motifs is 4. The molecule has 0 saturated carbocycles. The van der Waals surface area contributed by atoms with Crippen LogP contribution in [0.25, 0.3) is 11.1 Å². The van der Waals surface area contributed by atoms with Gasteiger partial charge in [0.1, 0.15) is 5.69 Å². The molecule has 1 N–H and O–H groups in total. The van der Waals surface area contributed by atoms with Crippen LogP contribution in [0.15, 0.2) is 59.8 Å². The van der Waals surface area contributed by atoms with E-state index in [1.165, 1.54) is 0 Å². The van der Waals surface area contributed by atoms with E-state index in [1.54, 1.807) is 36.8 Å². The van der Waals surface area contributed by atoms with Crippen molar-refractivity contribution in [2.24, 2.45) is 5.92 Å². The summed E-state index contributed by atoms with van der Waals surface area (Å²) in [7, 11) is 0. The summed E-state index contributed by atoms with van der Waals surface area (Å²) in [4.78, 5) is 36.1. The van der Waals surface area contributed by atoms with Crippen LogP contribution in [0.2, 0.25) is 0 Å². The monoisotopic (exact) mass is 402 g/mol. The molecule has 1 saturated heterocycles. The van der Waals surface area contributed by atoms with Gasteiger partial charge in [-0.05, 0) is 47.7 Å². The summed E-state index contributed by atoms with van der Waals surface area (Å²) in [6.07, 6.45) is 5.99. The summed E-state index contributed by atoms with van der Waals surface area (Å²) in [5, 5.41) is 9.35. The molecule has 30 heavy (non-hydrogen) atoms. The number of piperidine rings is 1. The Kier molecular flexibility index (Phi) is 4.67. The molecule has 0 aromatic carbocycles. The molecule has 0 spiro atoms. The largest absolute Gasteiger partial charge is 0.392 e. The number of hydrogen-bond acceptors (Lipinski definition) is 5. The normalized spacial score (nSPS) is 20.0. The van der Waals surface area contributed by atoms with Gasteiger partial charge in [-0.15, -0.1) is 0 Å². The standard InChI is InChI=1S/C23H22N4O3/c28-14-15-3-5-25-20(7-15)23(30)26-11-16-6-19(13-26)21-8-18(9-22(29)27(21)12-16)17-2-1-4-24-10-17/h1-5,7-10,16,19,28H,6,11-14H2/t16-,19+/m0/s1. The van der Waals surface area contributed by atoms with Crippen molar-refractivity contribution >= 4 is 5.91 Å². The van der Waals surface area contributed by atoms with Crippen molar-refractivity contribution in [2.45, 2.75) is 25.5 Å². The van der Waals surface area contributed by atoms with Crippen LogP contribution in [0.5, 0.6) is 0 Å². The molecule has 0 aliphatic carbocycles. The highest BCUT2D eigenvalue weighted by molar-refractivity contribution is 5.92. The first kappa shape index (κ1) is 18.7. The van der Waals surface area contributed by atoms with Gasteiger partial charge in [-0.3, -0.25) is 19.6 Å². The molecule has 2 aliphatic heterocycles. The molecule has 5 rings (SSSR count). The molecule has 1 fully saturated rings. The Morgan fingerprint density at radius 3 is 2.80 bits per heavy atom. The van der Waals surface area contributed by atoms with Crippen molar-refractivity contribution in [1.82, 2.24) is 19.4 Å². The number of pyridine rings is 3. The lowest BCUT2D eigenvalue weighted by Gasteiger charge is -2.42. The Labute approximate surface area is 173 Å². The Morgan fingerprint density at radius 2 is 2.00 bits per heavy atom. The van der Waals surface area contributed by atoms with Gasteiger partial charge in [0.15, 0.2) is 0 Å². The molecule has 2 atom stereocenters. The smallest absolute Gasteiger partial charge is 0.272 e. The third-order valence-corrected chi connectivity index (χ3v) is 6.06. The topological polar surface area (TPSA) is 88.3 Å². The molecular formula is C23H22N4O3. The summed E-state index contributed by atoms with van der Waals surface area (Å²) in [6, 6.07) is 10.9. The van der Waals surface area contributed by atoms with E-state index in [4.69, 9.17) is 0 Å². The summed E-state index contributed by atoms with van der Waals surface area (Å²) in [5.41, 5.74) is 3.77. The maximum atomic E-state index is 13.1. The Morgan fingerprint density at radius 1 is 1.10 bits per heavy atom. The maximum Gasteiger partial charge on any atom is 0.272 e. The van der Waals surface area contributed by atoms with E-state index in [0.717, 1.165) is 23.2 Å². The van der Waals surface area contributed by atoms with Crippen LogP contribution in [0.4, 0.5) is 0 Å². The van der Waals surface area contributed by atoms with Gasteiger partial charge < -0.3 is 14.6 Å². The predicted octanol–water partition coefficient (Wildman–Crippen LogP) is 2.06. The van der Waals surface area contributed by atoms with Crippen molar-refractivity contribution in [3.63, 3.8) is 0 Å². The zero-order chi connectivity index (χ0) is 20.7. The molecule has 5 heterocycles. The third-order valence-electron chi connectivity index (χ3n) is 6.06. The quantitative estimate of drug-likeness (QED) is 0.725. The van der Waals surface area contributed by atoms with Crippen LogP contribution in [0, 0.1) is 5.92 Å². The minimum Gasteiger partial charge on any atom is -0.392 e. The first-order chi connectivity index (χ1) is 14.6. The van der Waals surface area contributed by atoms with Gasteiger partial charge in [-0.25, -0.2) is 0 Å². The lowest BCUT2D eigenvalue weighted by Crippen LogP contribution is -2.49. The van der Waals surface area contributed by atoms with Crippen molar-refractivity contribution in [2.75, 3.05) is 13.1 Å². The van der Waals surface area contributed by atoms with Crippen LogP contribution in [0.3, 0.4) is 0 Å². The maximum absolute atomic E-state index is 13.1. The fraction of sp³-hybridized carbons (Fsp3) is 0.304. The van der Waals surface area contributed by atoms with E-state index >= 15 is 0 Å². The molecule has 2 bridgehead atoms. The van der Waals surface area contributed by atoms with Gasteiger partial charge >= 0.3 is 0 Å². The van der Waals surface area contributed by atoms with Crippen LogP contribution in [-0.2, 0) is 13.2 Å². The van der Waals surface area contributed by atoms with E-state index in [9.17, 15) is 14.7 Å². The molecule has 0 radical (unpaired) electrons. The van der Waals surface area contributed by atoms with Crippen LogP contribution in [-0.4, -0.2) is 43.5 Å². The Hall–Kier alpha value is -3.32. The van der Waals surface area contributed by atoms with Gasteiger partial charge in [0, 0.05) is 61.5 Å². The number of aliphatic hydroxyl groups is 1. The molecule has 7 heteroatoms. The fourth-order valence-corrected chi connectivity index (χ4v) is 4.68. The average molecular weight is 402 g/mol. The first-order valence-corrected chi connectivity index (χ1v) is 10.1. The minimum atomic E-state index is -0.126. The molecular weight excluding hydrogens is 380 g/mol. The average Bonchev–Trinajstić information content (AvgIpc) is 2.79. The van der Waals surface area contributed by atoms with E-state index in [-0.39, 0.29) is 29.9 Å². The zero-order valence-electron chi connectivity index (χ0n) is 16.4. The number of aromatic nitrogens is 3. The summed E-state index contributed by atoms with van der Waals surface area (Å²) in [6.45, 7) is 1.65. The lowest BCUT2D eigenvalue weighted by atomic mass is 9.82. The second-order valence-corrected chi connectivity index (χ2v) is 8.08. The highest BCUT2D eigenvalue weighted by atomic mass is 16.3.